The molecule has 1 heteroatoms. The van der Waals surface area contributed by atoms with Crippen molar-refractivity contribution in [2.24, 2.45) is 5.92 Å². The number of carbonyl (C=O) groups is 1. The Bertz CT molecular complexity index is 129. The number of aldehydes is 1. The maximum atomic E-state index is 10.1. The van der Waals surface area contributed by atoms with Crippen LogP contribution in [-0.4, -0.2) is 6.29 Å². The molecule has 0 aliphatic heterocycles. The maximum Gasteiger partial charge on any atom is 0.119 e. The van der Waals surface area contributed by atoms with Gasteiger partial charge in [0.05, 0.1) is 0 Å². The molecule has 0 aromatic heterocycles. The van der Waals surface area contributed by atoms with E-state index in [0.29, 0.717) is 0 Å². The van der Waals surface area contributed by atoms with Crippen LogP contribution in [-0.2, 0) is 4.79 Å². The van der Waals surface area contributed by atoms with Gasteiger partial charge in [0.2, 0.25) is 0 Å². The van der Waals surface area contributed by atoms with Crippen LogP contribution in [0.4, 0.5) is 0 Å². The van der Waals surface area contributed by atoms with Gasteiger partial charge in [-0.15, -0.1) is 0 Å². The van der Waals surface area contributed by atoms with Crippen LogP contribution >= 0.6 is 0 Å². The van der Waals surface area contributed by atoms with Gasteiger partial charge < -0.3 is 4.79 Å². The molecule has 0 aromatic carbocycles. The topological polar surface area (TPSA) is 17.1 Å². The highest BCUT2D eigenvalue weighted by atomic mass is 16.1. The van der Waals surface area contributed by atoms with Gasteiger partial charge in [-0.2, -0.15) is 0 Å². The van der Waals surface area contributed by atoms with Gasteiger partial charge in [0.25, 0.3) is 0 Å². The average molecular weight is 228 g/mol. The summed E-state index contributed by atoms with van der Waals surface area (Å²) in [6.07, 6.45) is 13.8. The average Bonchev–Trinajstić information content (AvgIpc) is 2.20. The van der Waals surface area contributed by atoms with Crippen LogP contribution < -0.4 is 0 Å². The molecular weight excluding hydrogens is 196 g/mol. The van der Waals surface area contributed by atoms with Gasteiger partial charge in [0, 0.05) is 6.42 Å². The summed E-state index contributed by atoms with van der Waals surface area (Å²) in [4.78, 5) is 10.1. The van der Waals surface area contributed by atoms with Crippen LogP contribution in [0.25, 0.3) is 0 Å². The predicted molar refractivity (Wildman–Crippen MR) is 73.8 cm³/mol. The molecule has 0 fully saturated rings. The fraction of sp³-hybridized carbons (Fsp3) is 0.933. The lowest BCUT2D eigenvalue weighted by Crippen LogP contribution is -1.87. The van der Waals surface area contributed by atoms with Gasteiger partial charge in [-0.3, -0.25) is 0 Å². The first kappa shape index (κ1) is 18.0. The second-order valence-electron chi connectivity index (χ2n) is 4.97. The van der Waals surface area contributed by atoms with Crippen LogP contribution in [0, 0.1) is 5.92 Å². The SMILES string of the molecule is C.CC(C)CCCCCCCCCCC=O. The first-order valence-electron chi connectivity index (χ1n) is 6.71. The Morgan fingerprint density at radius 3 is 1.69 bits per heavy atom. The number of hydrogen-bond acceptors (Lipinski definition) is 1. The highest BCUT2D eigenvalue weighted by Gasteiger charge is 1.94. The summed E-state index contributed by atoms with van der Waals surface area (Å²) >= 11 is 0. The van der Waals surface area contributed by atoms with Crippen LogP contribution in [0.2, 0.25) is 0 Å². The van der Waals surface area contributed by atoms with Crippen LogP contribution in [0.15, 0.2) is 0 Å². The van der Waals surface area contributed by atoms with Gasteiger partial charge in [-0.05, 0) is 12.3 Å². The van der Waals surface area contributed by atoms with Crippen molar-refractivity contribution in [2.45, 2.75) is 85.5 Å². The van der Waals surface area contributed by atoms with Crippen LogP contribution in [0.5, 0.6) is 0 Å². The fourth-order valence-electron chi connectivity index (χ4n) is 1.84. The Morgan fingerprint density at radius 1 is 0.812 bits per heavy atom. The first-order chi connectivity index (χ1) is 7.27. The van der Waals surface area contributed by atoms with E-state index in [9.17, 15) is 4.79 Å². The summed E-state index contributed by atoms with van der Waals surface area (Å²) in [6, 6.07) is 0. The van der Waals surface area contributed by atoms with E-state index in [2.05, 4.69) is 13.8 Å². The van der Waals surface area contributed by atoms with Crippen molar-refractivity contribution in [3.63, 3.8) is 0 Å². The quantitative estimate of drug-likeness (QED) is 0.343. The Morgan fingerprint density at radius 2 is 1.25 bits per heavy atom. The standard InChI is InChI=1S/C14H28O.CH4/c1-14(2)12-10-8-6-4-3-5-7-9-11-13-15;/h13-14H,3-12H2,1-2H3;1H4. The van der Waals surface area contributed by atoms with Crippen molar-refractivity contribution in [3.05, 3.63) is 0 Å². The lowest BCUT2D eigenvalue weighted by atomic mass is 10.0. The van der Waals surface area contributed by atoms with Crippen molar-refractivity contribution < 1.29 is 4.79 Å². The number of rotatable bonds is 11. The molecule has 0 saturated carbocycles. The number of carbonyl (C=O) groups excluding carboxylic acids is 1. The van der Waals surface area contributed by atoms with E-state index < -0.39 is 0 Å². The zero-order valence-electron chi connectivity index (χ0n) is 10.6. The fourth-order valence-corrected chi connectivity index (χ4v) is 1.84. The van der Waals surface area contributed by atoms with E-state index in [1.165, 1.54) is 51.4 Å². The molecule has 16 heavy (non-hydrogen) atoms. The second-order valence-corrected chi connectivity index (χ2v) is 4.97. The first-order valence-corrected chi connectivity index (χ1v) is 6.71. The largest absolute Gasteiger partial charge is 0.303 e. The summed E-state index contributed by atoms with van der Waals surface area (Å²) in [5.41, 5.74) is 0. The van der Waals surface area contributed by atoms with E-state index in [1.807, 2.05) is 0 Å². The van der Waals surface area contributed by atoms with Gasteiger partial charge >= 0.3 is 0 Å². The summed E-state index contributed by atoms with van der Waals surface area (Å²) in [5.74, 6) is 0.869. The molecule has 0 heterocycles. The van der Waals surface area contributed by atoms with E-state index >= 15 is 0 Å². The highest BCUT2D eigenvalue weighted by molar-refractivity contribution is 5.48. The molecule has 1 nitrogen and oxygen atoms in total. The molecule has 0 amide bonds. The summed E-state index contributed by atoms with van der Waals surface area (Å²) < 4.78 is 0. The van der Waals surface area contributed by atoms with E-state index in [-0.39, 0.29) is 7.43 Å². The van der Waals surface area contributed by atoms with Gasteiger partial charge in [-0.25, -0.2) is 0 Å². The molecule has 0 aromatic rings. The minimum atomic E-state index is 0. The molecule has 0 spiro atoms. The molecule has 0 N–H and O–H groups in total. The zero-order chi connectivity index (χ0) is 11.4. The normalized spacial score (nSPS) is 10.2. The number of unbranched alkanes of at least 4 members (excludes halogenated alkanes) is 8. The van der Waals surface area contributed by atoms with Crippen molar-refractivity contribution in [1.29, 1.82) is 0 Å². The minimum Gasteiger partial charge on any atom is -0.303 e. The molecule has 0 aliphatic carbocycles. The molecule has 0 atom stereocenters. The minimum absolute atomic E-state index is 0. The maximum absolute atomic E-state index is 10.1. The molecule has 0 unspecified atom stereocenters. The third-order valence-corrected chi connectivity index (χ3v) is 2.85. The van der Waals surface area contributed by atoms with E-state index in [0.717, 1.165) is 25.0 Å². The predicted octanol–water partition coefficient (Wildman–Crippen LogP) is 5.38. The monoisotopic (exact) mass is 228 g/mol. The van der Waals surface area contributed by atoms with Crippen LogP contribution in [0.3, 0.4) is 0 Å². The van der Waals surface area contributed by atoms with Gasteiger partial charge in [0.15, 0.2) is 0 Å². The zero-order valence-corrected chi connectivity index (χ0v) is 10.6. The molecule has 0 bridgehead atoms. The molecule has 0 aliphatic rings. The Balaban J connectivity index is 0. The number of hydrogen-bond donors (Lipinski definition) is 0. The Labute approximate surface area is 103 Å². The lowest BCUT2D eigenvalue weighted by molar-refractivity contribution is -0.107. The second kappa shape index (κ2) is 14.7. The van der Waals surface area contributed by atoms with Crippen molar-refractivity contribution in [1.82, 2.24) is 0 Å². The van der Waals surface area contributed by atoms with E-state index in [1.54, 1.807) is 0 Å². The molecule has 0 radical (unpaired) electrons. The van der Waals surface area contributed by atoms with Crippen molar-refractivity contribution >= 4 is 6.29 Å². The smallest absolute Gasteiger partial charge is 0.119 e. The summed E-state index contributed by atoms with van der Waals surface area (Å²) in [5, 5.41) is 0. The summed E-state index contributed by atoms with van der Waals surface area (Å²) in [7, 11) is 0. The van der Waals surface area contributed by atoms with Gasteiger partial charge in [0.1, 0.15) is 6.29 Å². The molecular formula is C15H32O. The van der Waals surface area contributed by atoms with Crippen LogP contribution in [0.1, 0.15) is 85.5 Å². The Kier molecular flexibility index (Phi) is 16.5. The molecule has 98 valence electrons. The van der Waals surface area contributed by atoms with Crippen molar-refractivity contribution in [3.8, 4) is 0 Å². The third kappa shape index (κ3) is 16.1. The Hall–Kier alpha value is -0.330. The third-order valence-electron chi connectivity index (χ3n) is 2.85. The van der Waals surface area contributed by atoms with Gasteiger partial charge in [-0.1, -0.05) is 72.6 Å². The van der Waals surface area contributed by atoms with Crippen molar-refractivity contribution in [2.75, 3.05) is 0 Å². The lowest BCUT2D eigenvalue weighted by Gasteiger charge is -2.04. The molecule has 0 saturated heterocycles. The summed E-state index contributed by atoms with van der Waals surface area (Å²) in [6.45, 7) is 4.60. The van der Waals surface area contributed by atoms with E-state index in [4.69, 9.17) is 0 Å². The molecule has 0 rings (SSSR count). The highest BCUT2D eigenvalue weighted by Crippen LogP contribution is 2.12.